The SMILES string of the molecule is O=C1N/C(=N/N=C(c2ccccc2)c2ccccc2)S/C1=C\c1ccccc1. The van der Waals surface area contributed by atoms with E-state index in [9.17, 15) is 4.79 Å². The van der Waals surface area contributed by atoms with Gasteiger partial charge in [-0.05, 0) is 23.4 Å². The molecule has 0 atom stereocenters. The van der Waals surface area contributed by atoms with Crippen molar-refractivity contribution in [3.63, 3.8) is 0 Å². The molecule has 0 aliphatic carbocycles. The van der Waals surface area contributed by atoms with Crippen molar-refractivity contribution in [1.29, 1.82) is 0 Å². The summed E-state index contributed by atoms with van der Waals surface area (Å²) in [6.07, 6.45) is 1.85. The highest BCUT2D eigenvalue weighted by Gasteiger charge is 2.24. The molecule has 0 unspecified atom stereocenters. The Morgan fingerprint density at radius 1 is 0.786 bits per heavy atom. The van der Waals surface area contributed by atoms with Crippen molar-refractivity contribution in [1.82, 2.24) is 5.32 Å². The quantitative estimate of drug-likeness (QED) is 0.403. The fourth-order valence-corrected chi connectivity index (χ4v) is 3.52. The second-order valence-electron chi connectivity index (χ2n) is 6.06. The van der Waals surface area contributed by atoms with Crippen LogP contribution in [0.5, 0.6) is 0 Å². The van der Waals surface area contributed by atoms with Crippen molar-refractivity contribution < 1.29 is 4.79 Å². The molecule has 136 valence electrons. The molecule has 1 fully saturated rings. The highest BCUT2D eigenvalue weighted by Crippen LogP contribution is 2.26. The Balaban J connectivity index is 1.64. The van der Waals surface area contributed by atoms with Crippen molar-refractivity contribution in [3.05, 3.63) is 113 Å². The minimum Gasteiger partial charge on any atom is -0.299 e. The fourth-order valence-electron chi connectivity index (χ4n) is 2.75. The molecule has 28 heavy (non-hydrogen) atoms. The van der Waals surface area contributed by atoms with Gasteiger partial charge >= 0.3 is 0 Å². The average molecular weight is 383 g/mol. The monoisotopic (exact) mass is 383 g/mol. The Morgan fingerprint density at radius 2 is 1.32 bits per heavy atom. The highest BCUT2D eigenvalue weighted by molar-refractivity contribution is 8.18. The molecule has 0 saturated carbocycles. The smallest absolute Gasteiger partial charge is 0.264 e. The molecule has 5 heteroatoms. The molecular formula is C23H17N3OS. The Labute approximate surface area is 167 Å². The molecule has 0 aromatic heterocycles. The zero-order valence-corrected chi connectivity index (χ0v) is 15.8. The van der Waals surface area contributed by atoms with Crippen molar-refractivity contribution in [2.45, 2.75) is 0 Å². The van der Waals surface area contributed by atoms with Gasteiger partial charge in [-0.3, -0.25) is 10.1 Å². The lowest BCUT2D eigenvalue weighted by molar-refractivity contribution is -0.115. The van der Waals surface area contributed by atoms with Crippen LogP contribution in [0.2, 0.25) is 0 Å². The summed E-state index contributed by atoms with van der Waals surface area (Å²) >= 11 is 1.29. The summed E-state index contributed by atoms with van der Waals surface area (Å²) in [5, 5.41) is 12.0. The molecule has 3 aromatic rings. The topological polar surface area (TPSA) is 53.8 Å². The predicted molar refractivity (Wildman–Crippen MR) is 116 cm³/mol. The van der Waals surface area contributed by atoms with Gasteiger partial charge in [0.15, 0.2) is 5.17 Å². The molecule has 1 saturated heterocycles. The third-order valence-corrected chi connectivity index (χ3v) is 4.98. The first-order valence-corrected chi connectivity index (χ1v) is 9.64. The zero-order chi connectivity index (χ0) is 19.2. The van der Waals surface area contributed by atoms with Gasteiger partial charge in [-0.25, -0.2) is 0 Å². The standard InChI is InChI=1S/C23H17N3OS/c27-22-20(16-17-10-4-1-5-11-17)28-23(24-22)26-25-21(18-12-6-2-7-13-18)19-14-8-3-9-15-19/h1-16H,(H,24,26,27)/b20-16-. The van der Waals surface area contributed by atoms with Gasteiger partial charge in [-0.15, -0.1) is 10.2 Å². The summed E-state index contributed by atoms with van der Waals surface area (Å²) < 4.78 is 0. The van der Waals surface area contributed by atoms with E-state index < -0.39 is 0 Å². The highest BCUT2D eigenvalue weighted by atomic mass is 32.2. The predicted octanol–water partition coefficient (Wildman–Crippen LogP) is 4.70. The van der Waals surface area contributed by atoms with Crippen molar-refractivity contribution in [2.24, 2.45) is 10.2 Å². The Bertz CT molecular complexity index is 1020. The van der Waals surface area contributed by atoms with Crippen molar-refractivity contribution >= 4 is 34.6 Å². The lowest BCUT2D eigenvalue weighted by atomic mass is 10.0. The van der Waals surface area contributed by atoms with E-state index in [1.165, 1.54) is 11.8 Å². The van der Waals surface area contributed by atoms with Crippen molar-refractivity contribution in [2.75, 3.05) is 0 Å². The van der Waals surface area contributed by atoms with E-state index in [2.05, 4.69) is 15.5 Å². The maximum absolute atomic E-state index is 12.2. The number of carbonyl (C=O) groups excluding carboxylic acids is 1. The van der Waals surface area contributed by atoms with Crippen molar-refractivity contribution in [3.8, 4) is 0 Å². The van der Waals surface area contributed by atoms with Gasteiger partial charge in [0.2, 0.25) is 0 Å². The Morgan fingerprint density at radius 3 is 1.89 bits per heavy atom. The van der Waals surface area contributed by atoms with E-state index in [0.29, 0.717) is 10.1 Å². The number of hydrogen-bond acceptors (Lipinski definition) is 4. The summed E-state index contributed by atoms with van der Waals surface area (Å²) in [6.45, 7) is 0. The van der Waals surface area contributed by atoms with E-state index >= 15 is 0 Å². The van der Waals surface area contributed by atoms with E-state index in [1.54, 1.807) is 0 Å². The van der Waals surface area contributed by atoms with Crippen LogP contribution in [0.1, 0.15) is 16.7 Å². The van der Waals surface area contributed by atoms with Gasteiger partial charge in [-0.1, -0.05) is 91.0 Å². The van der Waals surface area contributed by atoms with Crippen LogP contribution < -0.4 is 5.32 Å². The number of nitrogens with one attached hydrogen (secondary N) is 1. The summed E-state index contributed by atoms with van der Waals surface area (Å²) in [5.41, 5.74) is 3.66. The first kappa shape index (κ1) is 17.9. The van der Waals surface area contributed by atoms with Gasteiger partial charge in [0.25, 0.3) is 5.91 Å². The van der Waals surface area contributed by atoms with E-state index in [4.69, 9.17) is 0 Å². The van der Waals surface area contributed by atoms with E-state index in [0.717, 1.165) is 22.4 Å². The summed E-state index contributed by atoms with van der Waals surface area (Å²) in [5.74, 6) is -0.163. The molecule has 4 nitrogen and oxygen atoms in total. The summed E-state index contributed by atoms with van der Waals surface area (Å²) in [7, 11) is 0. The molecule has 1 heterocycles. The lowest BCUT2D eigenvalue weighted by Gasteiger charge is -2.05. The zero-order valence-electron chi connectivity index (χ0n) is 14.9. The van der Waals surface area contributed by atoms with Crippen LogP contribution >= 0.6 is 11.8 Å². The average Bonchev–Trinajstić information content (AvgIpc) is 3.10. The van der Waals surface area contributed by atoms with Crippen LogP contribution in [0.4, 0.5) is 0 Å². The molecule has 0 bridgehead atoms. The Hall–Kier alpha value is -3.44. The normalized spacial score (nSPS) is 16.2. The molecule has 0 radical (unpaired) electrons. The fraction of sp³-hybridized carbons (Fsp3) is 0. The number of nitrogens with zero attached hydrogens (tertiary/aromatic N) is 2. The number of carbonyl (C=O) groups is 1. The maximum atomic E-state index is 12.2. The van der Waals surface area contributed by atoms with Crippen LogP contribution in [-0.4, -0.2) is 16.8 Å². The first-order chi connectivity index (χ1) is 13.8. The number of benzene rings is 3. The largest absolute Gasteiger partial charge is 0.299 e. The molecule has 1 N–H and O–H groups in total. The van der Waals surface area contributed by atoms with Crippen LogP contribution in [0.15, 0.2) is 106 Å². The number of thioether (sulfide) groups is 1. The molecule has 1 amide bonds. The van der Waals surface area contributed by atoms with E-state index in [-0.39, 0.29) is 5.91 Å². The van der Waals surface area contributed by atoms with Crippen LogP contribution in [0.25, 0.3) is 6.08 Å². The first-order valence-electron chi connectivity index (χ1n) is 8.82. The second kappa shape index (κ2) is 8.50. The number of amidine groups is 1. The van der Waals surface area contributed by atoms with E-state index in [1.807, 2.05) is 97.1 Å². The van der Waals surface area contributed by atoms with Gasteiger partial charge in [0, 0.05) is 11.1 Å². The number of hydrogen-bond donors (Lipinski definition) is 1. The molecule has 1 aliphatic heterocycles. The summed E-state index contributed by atoms with van der Waals surface area (Å²) in [6, 6.07) is 29.5. The number of rotatable bonds is 4. The third kappa shape index (κ3) is 4.27. The molecule has 3 aromatic carbocycles. The minimum absolute atomic E-state index is 0.163. The lowest BCUT2D eigenvalue weighted by Crippen LogP contribution is -2.19. The molecular weight excluding hydrogens is 366 g/mol. The molecule has 4 rings (SSSR count). The minimum atomic E-state index is -0.163. The third-order valence-electron chi connectivity index (χ3n) is 4.08. The number of amides is 1. The molecule has 0 spiro atoms. The maximum Gasteiger partial charge on any atom is 0.264 e. The summed E-state index contributed by atoms with van der Waals surface area (Å²) in [4.78, 5) is 12.8. The molecule has 1 aliphatic rings. The second-order valence-corrected chi connectivity index (χ2v) is 7.09. The Kier molecular flexibility index (Phi) is 5.45. The van der Waals surface area contributed by atoms with Crippen LogP contribution in [-0.2, 0) is 4.79 Å². The van der Waals surface area contributed by atoms with Crippen LogP contribution in [0, 0.1) is 0 Å². The van der Waals surface area contributed by atoms with Gasteiger partial charge in [-0.2, -0.15) is 0 Å². The van der Waals surface area contributed by atoms with Gasteiger partial charge in [0.05, 0.1) is 4.91 Å². The van der Waals surface area contributed by atoms with Crippen LogP contribution in [0.3, 0.4) is 0 Å². The van der Waals surface area contributed by atoms with Gasteiger partial charge < -0.3 is 0 Å². The van der Waals surface area contributed by atoms with Gasteiger partial charge in [0.1, 0.15) is 5.71 Å².